The first-order valence-electron chi connectivity index (χ1n) is 6.40. The molecule has 0 saturated carbocycles. The number of carbonyl (C=O) groups is 1. The first-order chi connectivity index (χ1) is 8.65. The Balaban J connectivity index is 1.84. The summed E-state index contributed by atoms with van der Waals surface area (Å²) < 4.78 is 12.8. The van der Waals surface area contributed by atoms with E-state index in [1.807, 2.05) is 6.92 Å². The van der Waals surface area contributed by atoms with Gasteiger partial charge in [0.1, 0.15) is 5.82 Å². The normalized spacial score (nSPS) is 20.7. The number of hydrogen-bond donors (Lipinski definition) is 2. The molecule has 3 nitrogen and oxygen atoms in total. The Labute approximate surface area is 107 Å². The van der Waals surface area contributed by atoms with Gasteiger partial charge in [-0.15, -0.1) is 0 Å². The third-order valence-corrected chi connectivity index (χ3v) is 3.38. The maximum Gasteiger partial charge on any atom is 0.220 e. The number of nitrogens with one attached hydrogen (secondary N) is 2. The Morgan fingerprint density at radius 2 is 2.22 bits per heavy atom. The SMILES string of the molecule is C[C@@H](NC(=O)CC1CCNC1)c1ccc(F)cc1. The molecular formula is C14H19FN2O. The van der Waals surface area contributed by atoms with Crippen molar-refractivity contribution in [3.63, 3.8) is 0 Å². The zero-order valence-corrected chi connectivity index (χ0v) is 10.6. The number of benzene rings is 1. The molecule has 18 heavy (non-hydrogen) atoms. The molecule has 0 bridgehead atoms. The molecule has 1 amide bonds. The van der Waals surface area contributed by atoms with Gasteiger partial charge in [0, 0.05) is 6.42 Å². The zero-order chi connectivity index (χ0) is 13.0. The van der Waals surface area contributed by atoms with Crippen molar-refractivity contribution < 1.29 is 9.18 Å². The first-order valence-corrected chi connectivity index (χ1v) is 6.40. The second-order valence-electron chi connectivity index (χ2n) is 4.90. The molecule has 1 aromatic rings. The molecule has 1 aromatic carbocycles. The molecule has 1 fully saturated rings. The highest BCUT2D eigenvalue weighted by Gasteiger charge is 2.19. The molecular weight excluding hydrogens is 231 g/mol. The zero-order valence-electron chi connectivity index (χ0n) is 10.6. The first kappa shape index (κ1) is 13.0. The van der Waals surface area contributed by atoms with Crippen molar-refractivity contribution in [2.75, 3.05) is 13.1 Å². The summed E-state index contributed by atoms with van der Waals surface area (Å²) in [7, 11) is 0. The summed E-state index contributed by atoms with van der Waals surface area (Å²) in [5, 5.41) is 6.20. The van der Waals surface area contributed by atoms with Crippen molar-refractivity contribution in [1.29, 1.82) is 0 Å². The monoisotopic (exact) mass is 250 g/mol. The van der Waals surface area contributed by atoms with E-state index in [-0.39, 0.29) is 17.8 Å². The lowest BCUT2D eigenvalue weighted by Gasteiger charge is -2.16. The van der Waals surface area contributed by atoms with Gasteiger partial charge < -0.3 is 10.6 Å². The molecule has 2 rings (SSSR count). The Hall–Kier alpha value is -1.42. The highest BCUT2D eigenvalue weighted by atomic mass is 19.1. The number of carbonyl (C=O) groups excluding carboxylic acids is 1. The predicted octanol–water partition coefficient (Wildman–Crippen LogP) is 2.00. The minimum Gasteiger partial charge on any atom is -0.350 e. The van der Waals surface area contributed by atoms with E-state index < -0.39 is 0 Å². The molecule has 1 heterocycles. The van der Waals surface area contributed by atoms with Crippen LogP contribution in [-0.2, 0) is 4.79 Å². The maximum atomic E-state index is 12.8. The van der Waals surface area contributed by atoms with Crippen molar-refractivity contribution in [1.82, 2.24) is 10.6 Å². The fourth-order valence-electron chi connectivity index (χ4n) is 2.29. The van der Waals surface area contributed by atoms with Gasteiger partial charge in [-0.3, -0.25) is 4.79 Å². The van der Waals surface area contributed by atoms with E-state index >= 15 is 0 Å². The van der Waals surface area contributed by atoms with Gasteiger partial charge in [0.2, 0.25) is 5.91 Å². The average molecular weight is 250 g/mol. The molecule has 0 radical (unpaired) electrons. The van der Waals surface area contributed by atoms with Crippen molar-refractivity contribution in [3.05, 3.63) is 35.6 Å². The van der Waals surface area contributed by atoms with Gasteiger partial charge in [-0.05, 0) is 50.0 Å². The van der Waals surface area contributed by atoms with E-state index in [0.29, 0.717) is 12.3 Å². The van der Waals surface area contributed by atoms with Crippen LogP contribution in [0.5, 0.6) is 0 Å². The van der Waals surface area contributed by atoms with Crippen LogP contribution in [0.4, 0.5) is 4.39 Å². The number of hydrogen-bond acceptors (Lipinski definition) is 2. The van der Waals surface area contributed by atoms with E-state index in [2.05, 4.69) is 10.6 Å². The van der Waals surface area contributed by atoms with Crippen LogP contribution in [-0.4, -0.2) is 19.0 Å². The molecule has 1 saturated heterocycles. The van der Waals surface area contributed by atoms with Crippen LogP contribution in [0.2, 0.25) is 0 Å². The van der Waals surface area contributed by atoms with Crippen LogP contribution in [0, 0.1) is 11.7 Å². The molecule has 1 aliphatic rings. The van der Waals surface area contributed by atoms with Gasteiger partial charge in [0.05, 0.1) is 6.04 Å². The summed E-state index contributed by atoms with van der Waals surface area (Å²) in [6.45, 7) is 3.85. The lowest BCUT2D eigenvalue weighted by atomic mass is 10.0. The highest BCUT2D eigenvalue weighted by Crippen LogP contribution is 2.15. The van der Waals surface area contributed by atoms with Crippen LogP contribution in [0.25, 0.3) is 0 Å². The second-order valence-corrected chi connectivity index (χ2v) is 4.90. The van der Waals surface area contributed by atoms with Crippen LogP contribution >= 0.6 is 0 Å². The van der Waals surface area contributed by atoms with Crippen LogP contribution in [0.3, 0.4) is 0 Å². The Morgan fingerprint density at radius 3 is 2.83 bits per heavy atom. The number of rotatable bonds is 4. The third-order valence-electron chi connectivity index (χ3n) is 3.38. The fourth-order valence-corrected chi connectivity index (χ4v) is 2.29. The van der Waals surface area contributed by atoms with E-state index in [9.17, 15) is 9.18 Å². The molecule has 1 aliphatic heterocycles. The highest BCUT2D eigenvalue weighted by molar-refractivity contribution is 5.76. The maximum absolute atomic E-state index is 12.8. The Morgan fingerprint density at radius 1 is 1.50 bits per heavy atom. The van der Waals surface area contributed by atoms with E-state index in [0.717, 1.165) is 25.1 Å². The summed E-state index contributed by atoms with van der Waals surface area (Å²) in [5.74, 6) is 0.264. The van der Waals surface area contributed by atoms with Gasteiger partial charge in [0.15, 0.2) is 0 Å². The molecule has 98 valence electrons. The summed E-state index contributed by atoms with van der Waals surface area (Å²) in [6.07, 6.45) is 1.64. The predicted molar refractivity (Wildman–Crippen MR) is 68.6 cm³/mol. The van der Waals surface area contributed by atoms with E-state index in [4.69, 9.17) is 0 Å². The summed E-state index contributed by atoms with van der Waals surface area (Å²) in [5.41, 5.74) is 0.925. The van der Waals surface area contributed by atoms with Gasteiger partial charge in [0.25, 0.3) is 0 Å². The van der Waals surface area contributed by atoms with Crippen molar-refractivity contribution in [2.24, 2.45) is 5.92 Å². The number of halogens is 1. The Bertz CT molecular complexity index is 399. The van der Waals surface area contributed by atoms with Gasteiger partial charge in [-0.2, -0.15) is 0 Å². The van der Waals surface area contributed by atoms with E-state index in [1.165, 1.54) is 12.1 Å². The second kappa shape index (κ2) is 5.96. The Kier molecular flexibility index (Phi) is 4.31. The van der Waals surface area contributed by atoms with Gasteiger partial charge in [-0.25, -0.2) is 4.39 Å². The van der Waals surface area contributed by atoms with Gasteiger partial charge >= 0.3 is 0 Å². The minimum absolute atomic E-state index is 0.0699. The lowest BCUT2D eigenvalue weighted by molar-refractivity contribution is -0.122. The molecule has 0 aliphatic carbocycles. The smallest absolute Gasteiger partial charge is 0.220 e. The minimum atomic E-state index is -0.255. The molecule has 2 atom stereocenters. The van der Waals surface area contributed by atoms with Crippen LogP contribution < -0.4 is 10.6 Å². The summed E-state index contributed by atoms with van der Waals surface area (Å²) >= 11 is 0. The van der Waals surface area contributed by atoms with Crippen LogP contribution in [0.1, 0.15) is 31.4 Å². The lowest BCUT2D eigenvalue weighted by Crippen LogP contribution is -2.28. The quantitative estimate of drug-likeness (QED) is 0.858. The third kappa shape index (κ3) is 3.53. The topological polar surface area (TPSA) is 41.1 Å². The molecule has 0 aromatic heterocycles. The van der Waals surface area contributed by atoms with Crippen molar-refractivity contribution >= 4 is 5.91 Å². The number of amides is 1. The molecule has 1 unspecified atom stereocenters. The largest absolute Gasteiger partial charge is 0.350 e. The van der Waals surface area contributed by atoms with Crippen LogP contribution in [0.15, 0.2) is 24.3 Å². The molecule has 0 spiro atoms. The van der Waals surface area contributed by atoms with Gasteiger partial charge in [-0.1, -0.05) is 12.1 Å². The molecule has 2 N–H and O–H groups in total. The summed E-state index contributed by atoms with van der Waals surface area (Å²) in [4.78, 5) is 11.8. The summed E-state index contributed by atoms with van der Waals surface area (Å²) in [6, 6.07) is 6.17. The van der Waals surface area contributed by atoms with E-state index in [1.54, 1.807) is 12.1 Å². The average Bonchev–Trinajstić information content (AvgIpc) is 2.82. The fraction of sp³-hybridized carbons (Fsp3) is 0.500. The van der Waals surface area contributed by atoms with Crippen molar-refractivity contribution in [2.45, 2.75) is 25.8 Å². The van der Waals surface area contributed by atoms with Crippen molar-refractivity contribution in [3.8, 4) is 0 Å². The molecule has 4 heteroatoms. The standard InChI is InChI=1S/C14H19FN2O/c1-10(12-2-4-13(15)5-3-12)17-14(18)8-11-6-7-16-9-11/h2-5,10-11,16H,6-9H2,1H3,(H,17,18)/t10-,11?/m1/s1.